The fourth-order valence-corrected chi connectivity index (χ4v) is 1.26. The van der Waals surface area contributed by atoms with Gasteiger partial charge in [0.1, 0.15) is 5.82 Å². The van der Waals surface area contributed by atoms with E-state index < -0.39 is 18.0 Å². The Morgan fingerprint density at radius 3 is 2.36 bits per heavy atom. The van der Waals surface area contributed by atoms with E-state index in [0.29, 0.717) is 0 Å². The van der Waals surface area contributed by atoms with Gasteiger partial charge in [0.05, 0.1) is 12.1 Å². The summed E-state index contributed by atoms with van der Waals surface area (Å²) in [6, 6.07) is 2.16. The number of benzene rings is 1. The predicted octanol–water partition coefficient (Wildman–Crippen LogP) is -0.390. The van der Waals surface area contributed by atoms with Gasteiger partial charge in [0.25, 0.3) is 0 Å². The van der Waals surface area contributed by atoms with E-state index in [2.05, 4.69) is 4.74 Å². The maximum absolute atomic E-state index is 13.4. The highest BCUT2D eigenvalue weighted by atomic mass is 35.5. The molecule has 0 fully saturated rings. The molecule has 4 nitrogen and oxygen atoms in total. The topological polar surface area (TPSA) is 69.9 Å². The monoisotopic (exact) mass is 221 g/mol. The van der Waals surface area contributed by atoms with E-state index in [1.807, 2.05) is 0 Å². The van der Waals surface area contributed by atoms with Crippen molar-refractivity contribution >= 4 is 23.8 Å². The zero-order chi connectivity index (χ0) is 10.9. The van der Waals surface area contributed by atoms with E-state index in [0.717, 1.165) is 6.07 Å². The first-order valence-corrected chi connectivity index (χ1v) is 4.09. The number of rotatable bonds is 2. The average Bonchev–Trinajstić information content (AvgIpc) is 2.02. The van der Waals surface area contributed by atoms with Crippen molar-refractivity contribution in [3.63, 3.8) is 0 Å². The van der Waals surface area contributed by atoms with Gasteiger partial charge in [0.2, 0.25) is 0 Å². The quantitative estimate of drug-likeness (QED) is 0.595. The van der Waals surface area contributed by atoms with E-state index in [4.69, 9.17) is 26.7 Å². The lowest BCUT2D eigenvalue weighted by molar-refractivity contribution is 0.247. The molecule has 0 aliphatic heterocycles. The van der Waals surface area contributed by atoms with Crippen LogP contribution in [-0.2, 0) is 0 Å². The molecule has 0 saturated heterocycles. The minimum Gasteiger partial charge on any atom is -0.556 e. The zero-order valence-corrected chi connectivity index (χ0v) is 7.99. The summed E-state index contributed by atoms with van der Waals surface area (Å²) in [6.07, 6.45) is 0. The lowest BCUT2D eigenvalue weighted by Gasteiger charge is -2.23. The Bertz CT molecular complexity index is 352. The number of ether oxygens (including phenoxy) is 1. The highest BCUT2D eigenvalue weighted by Crippen LogP contribution is 2.26. The van der Waals surface area contributed by atoms with Crippen molar-refractivity contribution in [3.05, 3.63) is 23.0 Å². The van der Waals surface area contributed by atoms with Crippen molar-refractivity contribution in [2.24, 2.45) is 0 Å². The molecule has 0 atom stereocenters. The lowest BCUT2D eigenvalue weighted by Crippen LogP contribution is -2.50. The Balaban J connectivity index is 3.36. The van der Waals surface area contributed by atoms with E-state index in [9.17, 15) is 4.39 Å². The zero-order valence-electron chi connectivity index (χ0n) is 7.24. The molecule has 7 heteroatoms. The van der Waals surface area contributed by atoms with Crippen LogP contribution in [0.2, 0.25) is 5.02 Å². The van der Waals surface area contributed by atoms with Gasteiger partial charge in [-0.3, -0.25) is 0 Å². The van der Waals surface area contributed by atoms with Crippen LogP contribution in [0.3, 0.4) is 0 Å². The van der Waals surface area contributed by atoms with Crippen LogP contribution in [0.4, 0.5) is 4.39 Å². The van der Waals surface area contributed by atoms with E-state index >= 15 is 0 Å². The highest BCUT2D eigenvalue weighted by molar-refractivity contribution is 6.71. The van der Waals surface area contributed by atoms with Crippen LogP contribution in [0.15, 0.2) is 12.1 Å². The lowest BCUT2D eigenvalue weighted by atomic mass is 9.70. The Morgan fingerprint density at radius 1 is 1.36 bits per heavy atom. The molecule has 0 aliphatic rings. The second-order valence-corrected chi connectivity index (χ2v) is 3.12. The van der Waals surface area contributed by atoms with E-state index in [1.165, 1.54) is 13.2 Å². The summed E-state index contributed by atoms with van der Waals surface area (Å²) >= 11 is 5.55. The van der Waals surface area contributed by atoms with Gasteiger partial charge in [0, 0.05) is 0 Å². The van der Waals surface area contributed by atoms with Crippen LogP contribution in [0, 0.1) is 5.82 Å². The largest absolute Gasteiger partial charge is 0.556 e. The number of methoxy groups -OCH3 is 1. The first kappa shape index (κ1) is 11.3. The highest BCUT2D eigenvalue weighted by Gasteiger charge is 2.25. The van der Waals surface area contributed by atoms with Gasteiger partial charge in [-0.1, -0.05) is 23.1 Å². The van der Waals surface area contributed by atoms with Crippen molar-refractivity contribution in [2.75, 3.05) is 7.11 Å². The summed E-state index contributed by atoms with van der Waals surface area (Å²) < 4.78 is 17.9. The normalized spacial score (nSPS) is 11.6. The molecule has 1 aromatic rings. The van der Waals surface area contributed by atoms with Gasteiger partial charge in [-0.05, 0) is 6.07 Å². The van der Waals surface area contributed by atoms with Crippen molar-refractivity contribution in [1.82, 2.24) is 0 Å². The third kappa shape index (κ3) is 1.98. The standard InChI is InChI=1S/C7H8BClFO4/c1-14-7-5(9)3-2-4(6(7)10)8(11,12)13/h2-3,11-13H,1H3/q-1. The maximum atomic E-state index is 13.4. The molecule has 0 heterocycles. The van der Waals surface area contributed by atoms with Gasteiger partial charge in [-0.15, -0.1) is 0 Å². The van der Waals surface area contributed by atoms with Crippen molar-refractivity contribution in [1.29, 1.82) is 0 Å². The third-order valence-electron chi connectivity index (χ3n) is 1.70. The summed E-state index contributed by atoms with van der Waals surface area (Å²) in [5.74, 6) is -1.43. The fourth-order valence-electron chi connectivity index (χ4n) is 1.03. The second-order valence-electron chi connectivity index (χ2n) is 2.72. The number of hydrogen-bond donors (Lipinski definition) is 3. The molecule has 0 spiro atoms. The van der Waals surface area contributed by atoms with Gasteiger partial charge in [-0.25, -0.2) is 4.39 Å². The minimum atomic E-state index is -3.88. The molecule has 78 valence electrons. The molecule has 0 radical (unpaired) electrons. The molecule has 0 aliphatic carbocycles. The second kappa shape index (κ2) is 3.74. The first-order chi connectivity index (χ1) is 6.38. The van der Waals surface area contributed by atoms with Crippen molar-refractivity contribution < 1.29 is 24.2 Å². The summed E-state index contributed by atoms with van der Waals surface area (Å²) in [4.78, 5) is 0. The SMILES string of the molecule is COc1c(Cl)ccc([B-](O)(O)O)c1F. The molecule has 1 rings (SSSR count). The van der Waals surface area contributed by atoms with Crippen LogP contribution in [-0.4, -0.2) is 28.9 Å². The fraction of sp³-hybridized carbons (Fsp3) is 0.143. The molecule has 3 N–H and O–H groups in total. The molecule has 0 amide bonds. The van der Waals surface area contributed by atoms with Crippen molar-refractivity contribution in [2.45, 2.75) is 0 Å². The molecule has 0 bridgehead atoms. The third-order valence-corrected chi connectivity index (χ3v) is 2.00. The van der Waals surface area contributed by atoms with E-state index in [1.54, 1.807) is 0 Å². The summed E-state index contributed by atoms with van der Waals surface area (Å²) in [5, 5.41) is 26.4. The van der Waals surface area contributed by atoms with Crippen LogP contribution in [0.25, 0.3) is 0 Å². The van der Waals surface area contributed by atoms with Gasteiger partial charge < -0.3 is 19.8 Å². The molecule has 0 unspecified atom stereocenters. The summed E-state index contributed by atoms with van der Waals surface area (Å²) in [6.45, 7) is -3.88. The Hall–Kier alpha value is -0.815. The maximum Gasteiger partial charge on any atom is 0.405 e. The molecular weight excluding hydrogens is 213 g/mol. The molecule has 0 saturated carbocycles. The van der Waals surface area contributed by atoms with Crippen LogP contribution >= 0.6 is 11.6 Å². The van der Waals surface area contributed by atoms with Gasteiger partial charge in [0.15, 0.2) is 5.75 Å². The van der Waals surface area contributed by atoms with Crippen molar-refractivity contribution in [3.8, 4) is 5.75 Å². The number of hydrogen-bond acceptors (Lipinski definition) is 4. The molecule has 14 heavy (non-hydrogen) atoms. The van der Waals surface area contributed by atoms with Crippen LogP contribution < -0.4 is 10.2 Å². The van der Waals surface area contributed by atoms with Gasteiger partial charge >= 0.3 is 6.75 Å². The van der Waals surface area contributed by atoms with E-state index in [-0.39, 0.29) is 10.8 Å². The summed E-state index contributed by atoms with van der Waals surface area (Å²) in [7, 11) is 1.18. The minimum absolute atomic E-state index is 0.0196. The Kier molecular flexibility index (Phi) is 3.01. The summed E-state index contributed by atoms with van der Waals surface area (Å²) in [5.41, 5.74) is -0.661. The molecule has 0 aromatic heterocycles. The Labute approximate surface area is 84.5 Å². The van der Waals surface area contributed by atoms with Gasteiger partial charge in [-0.2, -0.15) is 0 Å². The Morgan fingerprint density at radius 2 is 1.93 bits per heavy atom. The predicted molar refractivity (Wildman–Crippen MR) is 50.0 cm³/mol. The van der Waals surface area contributed by atoms with Crippen LogP contribution in [0.5, 0.6) is 5.75 Å². The smallest absolute Gasteiger partial charge is 0.405 e. The first-order valence-electron chi connectivity index (χ1n) is 3.71. The van der Waals surface area contributed by atoms with Crippen LogP contribution in [0.1, 0.15) is 0 Å². The molecular formula is C7H8BClFO4-. The number of halogens is 2. The molecule has 1 aromatic carbocycles. The average molecular weight is 221 g/mol.